The van der Waals surface area contributed by atoms with Gasteiger partial charge in [0.2, 0.25) is 5.89 Å². The van der Waals surface area contributed by atoms with Crippen molar-refractivity contribution >= 4 is 12.4 Å². The van der Waals surface area contributed by atoms with Gasteiger partial charge in [-0.3, -0.25) is 4.90 Å². The van der Waals surface area contributed by atoms with Crippen LogP contribution in [-0.4, -0.2) is 22.2 Å². The SMILES string of the molecule is COc1ccc(CN(Cc2ccccc2)Cc2noc(CN)n2)cc1.Cl. The van der Waals surface area contributed by atoms with Crippen LogP contribution >= 0.6 is 12.4 Å². The Morgan fingerprint density at radius 1 is 0.962 bits per heavy atom. The van der Waals surface area contributed by atoms with Gasteiger partial charge in [0.25, 0.3) is 0 Å². The molecule has 26 heavy (non-hydrogen) atoms. The summed E-state index contributed by atoms with van der Waals surface area (Å²) in [6, 6.07) is 18.4. The minimum Gasteiger partial charge on any atom is -0.497 e. The molecule has 2 aromatic carbocycles. The molecule has 0 saturated heterocycles. The summed E-state index contributed by atoms with van der Waals surface area (Å²) >= 11 is 0. The van der Waals surface area contributed by atoms with Crippen LogP contribution in [0.2, 0.25) is 0 Å². The van der Waals surface area contributed by atoms with Crippen LogP contribution in [0.1, 0.15) is 22.8 Å². The lowest BCUT2D eigenvalue weighted by atomic mass is 10.1. The molecule has 7 heteroatoms. The second kappa shape index (κ2) is 9.91. The van der Waals surface area contributed by atoms with E-state index in [9.17, 15) is 0 Å². The van der Waals surface area contributed by atoms with E-state index in [0.717, 1.165) is 18.8 Å². The van der Waals surface area contributed by atoms with Crippen LogP contribution in [0.25, 0.3) is 0 Å². The van der Waals surface area contributed by atoms with Crippen LogP contribution in [0.15, 0.2) is 59.1 Å². The molecule has 3 rings (SSSR count). The van der Waals surface area contributed by atoms with Gasteiger partial charge in [-0.25, -0.2) is 0 Å². The highest BCUT2D eigenvalue weighted by Gasteiger charge is 2.13. The third kappa shape index (κ3) is 5.56. The average Bonchev–Trinajstić information content (AvgIpc) is 3.11. The molecule has 0 aliphatic heterocycles. The number of hydrogen-bond donors (Lipinski definition) is 1. The van der Waals surface area contributed by atoms with Crippen molar-refractivity contribution in [2.75, 3.05) is 7.11 Å². The van der Waals surface area contributed by atoms with E-state index in [0.29, 0.717) is 18.3 Å². The van der Waals surface area contributed by atoms with Crippen LogP contribution in [0.5, 0.6) is 5.75 Å². The van der Waals surface area contributed by atoms with Gasteiger partial charge < -0.3 is 15.0 Å². The molecule has 3 aromatic rings. The monoisotopic (exact) mass is 374 g/mol. The van der Waals surface area contributed by atoms with Gasteiger partial charge in [0.15, 0.2) is 5.82 Å². The van der Waals surface area contributed by atoms with Gasteiger partial charge in [-0.05, 0) is 23.3 Å². The van der Waals surface area contributed by atoms with E-state index in [4.69, 9.17) is 15.0 Å². The lowest BCUT2D eigenvalue weighted by molar-refractivity contribution is 0.237. The van der Waals surface area contributed by atoms with Crippen LogP contribution < -0.4 is 10.5 Å². The van der Waals surface area contributed by atoms with E-state index in [1.807, 2.05) is 30.3 Å². The van der Waals surface area contributed by atoms with E-state index in [-0.39, 0.29) is 19.0 Å². The fourth-order valence-electron chi connectivity index (χ4n) is 2.64. The summed E-state index contributed by atoms with van der Waals surface area (Å²) in [5.41, 5.74) is 7.98. The number of aromatic nitrogens is 2. The first-order chi connectivity index (χ1) is 12.3. The molecule has 0 saturated carbocycles. The molecule has 0 unspecified atom stereocenters. The zero-order valence-electron chi connectivity index (χ0n) is 14.7. The molecule has 0 amide bonds. The van der Waals surface area contributed by atoms with Gasteiger partial charge in [0.1, 0.15) is 5.75 Å². The van der Waals surface area contributed by atoms with Gasteiger partial charge in [0, 0.05) is 13.1 Å². The summed E-state index contributed by atoms with van der Waals surface area (Å²) in [4.78, 5) is 6.58. The zero-order chi connectivity index (χ0) is 17.5. The van der Waals surface area contributed by atoms with Crippen LogP contribution in [0.4, 0.5) is 0 Å². The Bertz CT molecular complexity index is 778. The third-order valence-corrected chi connectivity index (χ3v) is 3.86. The Kier molecular flexibility index (Phi) is 7.59. The molecule has 0 radical (unpaired) electrons. The first-order valence-corrected chi connectivity index (χ1v) is 8.17. The van der Waals surface area contributed by atoms with E-state index in [1.165, 1.54) is 11.1 Å². The third-order valence-electron chi connectivity index (χ3n) is 3.86. The molecular formula is C19H23ClN4O2. The van der Waals surface area contributed by atoms with Crippen molar-refractivity contribution < 1.29 is 9.26 Å². The van der Waals surface area contributed by atoms with Crippen molar-refractivity contribution in [2.24, 2.45) is 5.73 Å². The second-order valence-corrected chi connectivity index (χ2v) is 5.79. The molecule has 6 nitrogen and oxygen atoms in total. The number of benzene rings is 2. The summed E-state index contributed by atoms with van der Waals surface area (Å²) < 4.78 is 10.3. The average molecular weight is 375 g/mol. The molecule has 0 bridgehead atoms. The maximum absolute atomic E-state index is 5.55. The number of nitrogens with two attached hydrogens (primary N) is 1. The summed E-state index contributed by atoms with van der Waals surface area (Å²) in [5.74, 6) is 1.95. The zero-order valence-corrected chi connectivity index (χ0v) is 15.5. The quantitative estimate of drug-likeness (QED) is 0.652. The van der Waals surface area contributed by atoms with Crippen molar-refractivity contribution in [3.05, 3.63) is 77.4 Å². The first kappa shape index (κ1) is 19.9. The highest BCUT2D eigenvalue weighted by atomic mass is 35.5. The predicted molar refractivity (Wildman–Crippen MR) is 102 cm³/mol. The molecule has 0 aliphatic rings. The van der Waals surface area contributed by atoms with E-state index in [2.05, 4.69) is 39.3 Å². The summed E-state index contributed by atoms with van der Waals surface area (Å²) in [7, 11) is 1.67. The Hall–Kier alpha value is -2.41. The van der Waals surface area contributed by atoms with Crippen molar-refractivity contribution in [3.8, 4) is 5.75 Å². The van der Waals surface area contributed by atoms with Crippen molar-refractivity contribution in [2.45, 2.75) is 26.2 Å². The van der Waals surface area contributed by atoms with Crippen LogP contribution in [0, 0.1) is 0 Å². The van der Waals surface area contributed by atoms with Crippen LogP contribution in [-0.2, 0) is 26.2 Å². The molecule has 0 atom stereocenters. The van der Waals surface area contributed by atoms with Gasteiger partial charge >= 0.3 is 0 Å². The van der Waals surface area contributed by atoms with Crippen molar-refractivity contribution in [3.63, 3.8) is 0 Å². The maximum atomic E-state index is 5.55. The van der Waals surface area contributed by atoms with Gasteiger partial charge in [-0.1, -0.05) is 47.6 Å². The minimum atomic E-state index is 0. The fourth-order valence-corrected chi connectivity index (χ4v) is 2.64. The Labute approximate surface area is 159 Å². The van der Waals surface area contributed by atoms with Crippen LogP contribution in [0.3, 0.4) is 0 Å². The maximum Gasteiger partial charge on any atom is 0.240 e. The van der Waals surface area contributed by atoms with Gasteiger partial charge in [-0.2, -0.15) is 4.98 Å². The second-order valence-electron chi connectivity index (χ2n) is 5.79. The number of hydrogen-bond acceptors (Lipinski definition) is 6. The standard InChI is InChI=1S/C19H22N4O2.ClH/c1-24-17-9-7-16(8-10-17)13-23(12-15-5-3-2-4-6-15)14-18-21-19(11-20)25-22-18;/h2-10H,11-14,20H2,1H3;1H. The smallest absolute Gasteiger partial charge is 0.240 e. The summed E-state index contributed by atoms with van der Waals surface area (Å²) in [6.45, 7) is 2.40. The number of halogens is 1. The number of nitrogens with zero attached hydrogens (tertiary/aromatic N) is 3. The first-order valence-electron chi connectivity index (χ1n) is 8.17. The molecule has 0 aliphatic carbocycles. The predicted octanol–water partition coefficient (Wildman–Crippen LogP) is 3.16. The largest absolute Gasteiger partial charge is 0.497 e. The van der Waals surface area contributed by atoms with Gasteiger partial charge in [-0.15, -0.1) is 12.4 Å². The molecule has 1 aromatic heterocycles. The van der Waals surface area contributed by atoms with E-state index < -0.39 is 0 Å². The Morgan fingerprint density at radius 3 is 2.19 bits per heavy atom. The van der Waals surface area contributed by atoms with E-state index in [1.54, 1.807) is 7.11 Å². The normalized spacial score (nSPS) is 10.6. The lowest BCUT2D eigenvalue weighted by Crippen LogP contribution is -2.23. The highest BCUT2D eigenvalue weighted by Crippen LogP contribution is 2.16. The molecule has 138 valence electrons. The number of ether oxygens (including phenoxy) is 1. The molecule has 0 spiro atoms. The van der Waals surface area contributed by atoms with E-state index >= 15 is 0 Å². The Morgan fingerprint density at radius 2 is 1.62 bits per heavy atom. The molecular weight excluding hydrogens is 352 g/mol. The Balaban J connectivity index is 0.00000243. The molecule has 1 heterocycles. The summed E-state index contributed by atoms with van der Waals surface area (Å²) in [6.07, 6.45) is 0. The number of rotatable bonds is 8. The topological polar surface area (TPSA) is 77.4 Å². The molecule has 2 N–H and O–H groups in total. The van der Waals surface area contributed by atoms with Crippen molar-refractivity contribution in [1.29, 1.82) is 0 Å². The highest BCUT2D eigenvalue weighted by molar-refractivity contribution is 5.85. The minimum absolute atomic E-state index is 0. The fraction of sp³-hybridized carbons (Fsp3) is 0.263. The van der Waals surface area contributed by atoms with Gasteiger partial charge in [0.05, 0.1) is 20.2 Å². The lowest BCUT2D eigenvalue weighted by Gasteiger charge is -2.21. The molecule has 0 fully saturated rings. The van der Waals surface area contributed by atoms with Crippen molar-refractivity contribution in [1.82, 2.24) is 15.0 Å². The number of methoxy groups -OCH3 is 1. The summed E-state index contributed by atoms with van der Waals surface area (Å²) in [5, 5.41) is 4.01.